The van der Waals surface area contributed by atoms with Gasteiger partial charge in [-0.05, 0) is 29.5 Å². The normalized spacial score (nSPS) is 11.2. The lowest BCUT2D eigenvalue weighted by atomic mass is 10.1. The lowest BCUT2D eigenvalue weighted by molar-refractivity contribution is 0.0778. The third kappa shape index (κ3) is 4.14. The van der Waals surface area contributed by atoms with E-state index in [1.165, 1.54) is 10.2 Å². The number of aryl methyl sites for hydroxylation is 1. The molecule has 5 nitrogen and oxygen atoms in total. The Balaban J connectivity index is 1.97. The van der Waals surface area contributed by atoms with Gasteiger partial charge in [-0.1, -0.05) is 63.2 Å². The van der Waals surface area contributed by atoms with Gasteiger partial charge >= 0.3 is 0 Å². The van der Waals surface area contributed by atoms with Gasteiger partial charge < -0.3 is 4.90 Å². The summed E-state index contributed by atoms with van der Waals surface area (Å²) in [7, 11) is 1.77. The number of amides is 1. The molecule has 28 heavy (non-hydrogen) atoms. The average molecular weight is 377 g/mol. The first-order valence-electron chi connectivity index (χ1n) is 9.73. The zero-order chi connectivity index (χ0) is 20.3. The van der Waals surface area contributed by atoms with E-state index in [2.05, 4.69) is 24.2 Å². The van der Waals surface area contributed by atoms with Crippen molar-refractivity contribution in [3.05, 3.63) is 75.7 Å². The van der Waals surface area contributed by atoms with Gasteiger partial charge in [-0.2, -0.15) is 5.10 Å². The number of carbonyl (C=O) groups excluding carboxylic acids is 1. The summed E-state index contributed by atoms with van der Waals surface area (Å²) in [5.41, 5.74) is 2.50. The topological polar surface area (TPSA) is 55.2 Å². The monoisotopic (exact) mass is 377 g/mol. The highest BCUT2D eigenvalue weighted by Gasteiger charge is 2.20. The fourth-order valence-electron chi connectivity index (χ4n) is 3.27. The van der Waals surface area contributed by atoms with Crippen LogP contribution in [0.4, 0.5) is 0 Å². The van der Waals surface area contributed by atoms with Crippen LogP contribution in [0.1, 0.15) is 42.4 Å². The van der Waals surface area contributed by atoms with Gasteiger partial charge in [0.2, 0.25) is 0 Å². The van der Waals surface area contributed by atoms with Crippen molar-refractivity contribution in [3.8, 4) is 0 Å². The predicted molar refractivity (Wildman–Crippen MR) is 112 cm³/mol. The second-order valence-electron chi connectivity index (χ2n) is 7.61. The van der Waals surface area contributed by atoms with Crippen molar-refractivity contribution in [3.63, 3.8) is 0 Å². The van der Waals surface area contributed by atoms with Gasteiger partial charge in [-0.15, -0.1) is 0 Å². The SMILES string of the molecule is CCc1ccc(CN(C)C(=O)c2nn(CC(C)C)c(=O)c3ccccc23)cc1. The van der Waals surface area contributed by atoms with E-state index in [0.717, 1.165) is 12.0 Å². The molecule has 0 saturated heterocycles. The second-order valence-corrected chi connectivity index (χ2v) is 7.61. The Hall–Kier alpha value is -2.95. The highest BCUT2D eigenvalue weighted by Crippen LogP contribution is 2.17. The highest BCUT2D eigenvalue weighted by molar-refractivity contribution is 6.04. The first-order valence-corrected chi connectivity index (χ1v) is 9.73. The van der Waals surface area contributed by atoms with Crippen LogP contribution >= 0.6 is 0 Å². The summed E-state index contributed by atoms with van der Waals surface area (Å²) in [5, 5.41) is 5.58. The van der Waals surface area contributed by atoms with Gasteiger partial charge in [-0.3, -0.25) is 9.59 Å². The van der Waals surface area contributed by atoms with Crippen molar-refractivity contribution < 1.29 is 4.79 Å². The Morgan fingerprint density at radius 1 is 1.04 bits per heavy atom. The largest absolute Gasteiger partial charge is 0.336 e. The van der Waals surface area contributed by atoms with Crippen molar-refractivity contribution in [2.45, 2.75) is 40.3 Å². The molecule has 3 rings (SSSR count). The fraction of sp³-hybridized carbons (Fsp3) is 0.348. The second kappa shape index (κ2) is 8.38. The molecule has 1 heterocycles. The van der Waals surface area contributed by atoms with Crippen LogP contribution in [0.3, 0.4) is 0 Å². The molecule has 0 spiro atoms. The fourth-order valence-corrected chi connectivity index (χ4v) is 3.27. The van der Waals surface area contributed by atoms with E-state index in [4.69, 9.17) is 0 Å². The molecule has 3 aromatic rings. The minimum Gasteiger partial charge on any atom is -0.336 e. The molecular formula is C23H27N3O2. The lowest BCUT2D eigenvalue weighted by Gasteiger charge is -2.19. The average Bonchev–Trinajstić information content (AvgIpc) is 2.70. The number of rotatable bonds is 6. The Morgan fingerprint density at radius 2 is 1.64 bits per heavy atom. The summed E-state index contributed by atoms with van der Waals surface area (Å²) in [6.07, 6.45) is 0.988. The minimum absolute atomic E-state index is 0.154. The number of aromatic nitrogens is 2. The molecule has 0 N–H and O–H groups in total. The van der Waals surface area contributed by atoms with Crippen LogP contribution in [-0.2, 0) is 19.5 Å². The molecule has 0 aliphatic carbocycles. The quantitative estimate of drug-likeness (QED) is 0.655. The number of benzene rings is 2. The Labute approximate surface area is 165 Å². The number of hydrogen-bond donors (Lipinski definition) is 0. The molecule has 0 saturated carbocycles. The maximum absolute atomic E-state index is 13.2. The van der Waals surface area contributed by atoms with Crippen molar-refractivity contribution in [1.29, 1.82) is 0 Å². The summed E-state index contributed by atoms with van der Waals surface area (Å²) >= 11 is 0. The van der Waals surface area contributed by atoms with Crippen LogP contribution in [0.25, 0.3) is 10.8 Å². The molecule has 0 bridgehead atoms. The maximum atomic E-state index is 13.2. The lowest BCUT2D eigenvalue weighted by Crippen LogP contribution is -2.32. The van der Waals surface area contributed by atoms with Gasteiger partial charge in [0.1, 0.15) is 0 Å². The summed E-state index contributed by atoms with van der Waals surface area (Å²) in [6.45, 7) is 7.13. The Bertz CT molecular complexity index is 1040. The van der Waals surface area contributed by atoms with Crippen molar-refractivity contribution >= 4 is 16.7 Å². The van der Waals surface area contributed by atoms with Crippen molar-refractivity contribution in [1.82, 2.24) is 14.7 Å². The molecule has 0 fully saturated rings. The number of carbonyl (C=O) groups is 1. The van der Waals surface area contributed by atoms with Gasteiger partial charge in [0, 0.05) is 25.5 Å². The van der Waals surface area contributed by atoms with E-state index in [1.807, 2.05) is 38.1 Å². The van der Waals surface area contributed by atoms with E-state index in [-0.39, 0.29) is 17.4 Å². The third-order valence-electron chi connectivity index (χ3n) is 4.81. The molecule has 0 unspecified atom stereocenters. The molecule has 146 valence electrons. The molecule has 0 aliphatic rings. The molecule has 0 aliphatic heterocycles. The van der Waals surface area contributed by atoms with E-state index in [0.29, 0.717) is 29.6 Å². The minimum atomic E-state index is -0.187. The van der Waals surface area contributed by atoms with Crippen LogP contribution in [0, 0.1) is 5.92 Å². The number of nitrogens with zero attached hydrogens (tertiary/aromatic N) is 3. The van der Waals surface area contributed by atoms with Crippen LogP contribution in [-0.4, -0.2) is 27.6 Å². The summed E-state index contributed by atoms with van der Waals surface area (Å²) in [5.74, 6) is 0.0670. The smallest absolute Gasteiger partial charge is 0.274 e. The molecular weight excluding hydrogens is 350 g/mol. The zero-order valence-corrected chi connectivity index (χ0v) is 17.0. The molecule has 0 radical (unpaired) electrons. The number of fused-ring (bicyclic) bond motifs is 1. The van der Waals surface area contributed by atoms with Gasteiger partial charge in [-0.25, -0.2) is 4.68 Å². The standard InChI is InChI=1S/C23H27N3O2/c1-5-17-10-12-18(13-11-17)15-25(4)23(28)21-19-8-6-7-9-20(19)22(27)26(24-21)14-16(2)3/h6-13,16H,5,14-15H2,1-4H3. The highest BCUT2D eigenvalue weighted by atomic mass is 16.2. The molecule has 0 atom stereocenters. The van der Waals surface area contributed by atoms with E-state index >= 15 is 0 Å². The summed E-state index contributed by atoms with van der Waals surface area (Å²) in [6, 6.07) is 15.5. The van der Waals surface area contributed by atoms with Gasteiger partial charge in [0.05, 0.1) is 5.39 Å². The molecule has 2 aromatic carbocycles. The van der Waals surface area contributed by atoms with Crippen LogP contribution < -0.4 is 5.56 Å². The van der Waals surface area contributed by atoms with Gasteiger partial charge in [0.25, 0.3) is 11.5 Å². The zero-order valence-electron chi connectivity index (χ0n) is 17.0. The van der Waals surface area contributed by atoms with Crippen LogP contribution in [0.2, 0.25) is 0 Å². The van der Waals surface area contributed by atoms with E-state index in [9.17, 15) is 9.59 Å². The van der Waals surface area contributed by atoms with Gasteiger partial charge in [0.15, 0.2) is 5.69 Å². The summed E-state index contributed by atoms with van der Waals surface area (Å²) in [4.78, 5) is 27.6. The Kier molecular flexibility index (Phi) is 5.93. The Morgan fingerprint density at radius 3 is 2.25 bits per heavy atom. The maximum Gasteiger partial charge on any atom is 0.274 e. The summed E-state index contributed by atoms with van der Waals surface area (Å²) < 4.78 is 1.42. The van der Waals surface area contributed by atoms with Crippen molar-refractivity contribution in [2.24, 2.45) is 5.92 Å². The van der Waals surface area contributed by atoms with E-state index in [1.54, 1.807) is 24.1 Å². The molecule has 1 amide bonds. The van der Waals surface area contributed by atoms with Crippen molar-refractivity contribution in [2.75, 3.05) is 7.05 Å². The predicted octanol–water partition coefficient (Wildman–Crippen LogP) is 3.89. The first-order chi connectivity index (χ1) is 13.4. The third-order valence-corrected chi connectivity index (χ3v) is 4.81. The molecule has 5 heteroatoms. The van der Waals surface area contributed by atoms with E-state index < -0.39 is 0 Å². The number of hydrogen-bond acceptors (Lipinski definition) is 3. The van der Waals surface area contributed by atoms with Crippen LogP contribution in [0.5, 0.6) is 0 Å². The molecule has 1 aromatic heterocycles. The van der Waals surface area contributed by atoms with Crippen LogP contribution in [0.15, 0.2) is 53.3 Å². The first kappa shape index (κ1) is 19.8.